The van der Waals surface area contributed by atoms with E-state index in [1.165, 1.54) is 19.3 Å². The number of carbonyl (C=O) groups is 1. The first-order valence-electron chi connectivity index (χ1n) is 8.44. The number of hydrogen-bond donors (Lipinski definition) is 1. The van der Waals surface area contributed by atoms with Crippen LogP contribution in [0.3, 0.4) is 0 Å². The van der Waals surface area contributed by atoms with E-state index < -0.39 is 0 Å². The second kappa shape index (κ2) is 7.10. The molecule has 1 heterocycles. The van der Waals surface area contributed by atoms with Gasteiger partial charge in [-0.3, -0.25) is 9.48 Å². The van der Waals surface area contributed by atoms with Crippen molar-refractivity contribution in [2.75, 3.05) is 5.32 Å². The molecule has 26 heavy (non-hydrogen) atoms. The van der Waals surface area contributed by atoms with Gasteiger partial charge in [-0.2, -0.15) is 5.10 Å². The van der Waals surface area contributed by atoms with E-state index in [1.54, 1.807) is 18.2 Å². The third-order valence-electron chi connectivity index (χ3n) is 4.81. The maximum Gasteiger partial charge on any atom is 0.258 e. The van der Waals surface area contributed by atoms with Crippen LogP contribution in [-0.4, -0.2) is 15.7 Å². The number of aromatic nitrogens is 2. The predicted molar refractivity (Wildman–Crippen MR) is 106 cm³/mol. The molecular formula is C19H16Cl3N3O. The van der Waals surface area contributed by atoms with Crippen LogP contribution in [0.2, 0.25) is 15.2 Å². The Bertz CT molecular complexity index is 975. The zero-order valence-corrected chi connectivity index (χ0v) is 16.1. The summed E-state index contributed by atoms with van der Waals surface area (Å²) in [4.78, 5) is 12.5. The SMILES string of the molecule is O=C(Nc1ccc2c(c1)c(Cl)nn2CC1CCC1)c1c(Cl)cccc1Cl. The molecular weight excluding hydrogens is 393 g/mol. The number of nitrogens with zero attached hydrogens (tertiary/aromatic N) is 2. The third-order valence-corrected chi connectivity index (χ3v) is 5.72. The van der Waals surface area contributed by atoms with E-state index in [-0.39, 0.29) is 11.5 Å². The Balaban J connectivity index is 1.61. The molecule has 0 spiro atoms. The monoisotopic (exact) mass is 407 g/mol. The minimum Gasteiger partial charge on any atom is -0.322 e. The lowest BCUT2D eigenvalue weighted by atomic mass is 9.85. The molecule has 1 aliphatic carbocycles. The summed E-state index contributed by atoms with van der Waals surface area (Å²) in [5, 5.41) is 9.14. The van der Waals surface area contributed by atoms with E-state index in [4.69, 9.17) is 34.8 Å². The molecule has 4 nitrogen and oxygen atoms in total. The first-order valence-corrected chi connectivity index (χ1v) is 9.58. The average molecular weight is 409 g/mol. The van der Waals surface area contributed by atoms with Crippen LogP contribution in [0, 0.1) is 5.92 Å². The van der Waals surface area contributed by atoms with Gasteiger partial charge < -0.3 is 5.32 Å². The molecule has 1 saturated carbocycles. The van der Waals surface area contributed by atoms with Crippen LogP contribution in [0.4, 0.5) is 5.69 Å². The number of benzene rings is 2. The summed E-state index contributed by atoms with van der Waals surface area (Å²) in [5.41, 5.74) is 1.84. The highest BCUT2D eigenvalue weighted by Crippen LogP contribution is 2.32. The van der Waals surface area contributed by atoms with E-state index in [0.717, 1.165) is 17.4 Å². The molecule has 1 aromatic heterocycles. The summed E-state index contributed by atoms with van der Waals surface area (Å²) < 4.78 is 1.96. The summed E-state index contributed by atoms with van der Waals surface area (Å²) in [7, 11) is 0. The topological polar surface area (TPSA) is 46.9 Å². The second-order valence-corrected chi connectivity index (χ2v) is 7.72. The smallest absolute Gasteiger partial charge is 0.258 e. The van der Waals surface area contributed by atoms with E-state index in [9.17, 15) is 4.79 Å². The van der Waals surface area contributed by atoms with Crippen molar-refractivity contribution >= 4 is 57.3 Å². The van der Waals surface area contributed by atoms with Crippen molar-refractivity contribution in [2.24, 2.45) is 5.92 Å². The number of nitrogens with one attached hydrogen (secondary N) is 1. The lowest BCUT2D eigenvalue weighted by Gasteiger charge is -2.25. The lowest BCUT2D eigenvalue weighted by molar-refractivity contribution is 0.102. The van der Waals surface area contributed by atoms with Gasteiger partial charge >= 0.3 is 0 Å². The Labute approximate surface area is 166 Å². The Morgan fingerprint density at radius 1 is 1.15 bits per heavy atom. The van der Waals surface area contributed by atoms with E-state index in [0.29, 0.717) is 26.8 Å². The quantitative estimate of drug-likeness (QED) is 0.571. The Kier molecular flexibility index (Phi) is 4.82. The van der Waals surface area contributed by atoms with Gasteiger partial charge in [-0.15, -0.1) is 0 Å². The number of fused-ring (bicyclic) bond motifs is 1. The van der Waals surface area contributed by atoms with Crippen molar-refractivity contribution < 1.29 is 4.79 Å². The molecule has 1 amide bonds. The van der Waals surface area contributed by atoms with Crippen molar-refractivity contribution in [3.63, 3.8) is 0 Å². The molecule has 3 aromatic rings. The Hall–Kier alpha value is -1.75. The molecule has 4 rings (SSSR count). The molecule has 7 heteroatoms. The fourth-order valence-electron chi connectivity index (χ4n) is 3.19. The number of anilines is 1. The number of halogens is 3. The van der Waals surface area contributed by atoms with Crippen LogP contribution in [0.25, 0.3) is 10.9 Å². The van der Waals surface area contributed by atoms with Crippen LogP contribution in [0.1, 0.15) is 29.6 Å². The molecule has 0 unspecified atom stereocenters. The number of hydrogen-bond acceptors (Lipinski definition) is 2. The molecule has 1 aliphatic rings. The minimum atomic E-state index is -0.363. The highest BCUT2D eigenvalue weighted by molar-refractivity contribution is 6.40. The number of carbonyl (C=O) groups excluding carboxylic acids is 1. The summed E-state index contributed by atoms with van der Waals surface area (Å²) in [6, 6.07) is 10.5. The number of amides is 1. The predicted octanol–water partition coefficient (Wildman–Crippen LogP) is 6.05. The van der Waals surface area contributed by atoms with Crippen LogP contribution in [0.15, 0.2) is 36.4 Å². The van der Waals surface area contributed by atoms with Gasteiger partial charge in [0.05, 0.1) is 21.1 Å². The van der Waals surface area contributed by atoms with Gasteiger partial charge in [-0.1, -0.05) is 47.3 Å². The second-order valence-electron chi connectivity index (χ2n) is 6.55. The van der Waals surface area contributed by atoms with Gasteiger partial charge in [0.25, 0.3) is 5.91 Å². The molecule has 1 fully saturated rings. The van der Waals surface area contributed by atoms with Gasteiger partial charge in [0.1, 0.15) is 0 Å². The Morgan fingerprint density at radius 2 is 1.88 bits per heavy atom. The zero-order chi connectivity index (χ0) is 18.3. The van der Waals surface area contributed by atoms with Crippen molar-refractivity contribution in [3.8, 4) is 0 Å². The molecule has 0 atom stereocenters. The van der Waals surface area contributed by atoms with Crippen LogP contribution in [0.5, 0.6) is 0 Å². The zero-order valence-electron chi connectivity index (χ0n) is 13.8. The van der Waals surface area contributed by atoms with Crippen LogP contribution >= 0.6 is 34.8 Å². The molecule has 1 N–H and O–H groups in total. The summed E-state index contributed by atoms with van der Waals surface area (Å²) in [6.45, 7) is 0.879. The first-order chi connectivity index (χ1) is 12.5. The summed E-state index contributed by atoms with van der Waals surface area (Å²) >= 11 is 18.5. The van der Waals surface area contributed by atoms with E-state index in [2.05, 4.69) is 10.4 Å². The van der Waals surface area contributed by atoms with Gasteiger partial charge in [0.2, 0.25) is 0 Å². The molecule has 134 valence electrons. The molecule has 2 aromatic carbocycles. The molecule has 0 saturated heterocycles. The van der Waals surface area contributed by atoms with E-state index in [1.807, 2.05) is 22.9 Å². The maximum absolute atomic E-state index is 12.5. The standard InChI is InChI=1S/C19H16Cl3N3O/c20-14-5-2-6-15(21)17(14)19(26)23-12-7-8-16-13(9-12)18(22)24-25(16)10-11-3-1-4-11/h2,5-9,11H,1,3-4,10H2,(H,23,26). The molecule has 0 aliphatic heterocycles. The first kappa shape index (κ1) is 17.7. The largest absolute Gasteiger partial charge is 0.322 e. The van der Waals surface area contributed by atoms with Crippen LogP contribution in [-0.2, 0) is 6.54 Å². The van der Waals surface area contributed by atoms with Gasteiger partial charge in [-0.05, 0) is 49.1 Å². The fraction of sp³-hybridized carbons (Fsp3) is 0.263. The van der Waals surface area contributed by atoms with Crippen molar-refractivity contribution in [3.05, 3.63) is 57.2 Å². The van der Waals surface area contributed by atoms with Gasteiger partial charge in [-0.25, -0.2) is 0 Å². The third kappa shape index (κ3) is 3.29. The highest BCUT2D eigenvalue weighted by Gasteiger charge is 2.21. The summed E-state index contributed by atoms with van der Waals surface area (Å²) in [5.74, 6) is 0.314. The van der Waals surface area contributed by atoms with Crippen molar-refractivity contribution in [1.82, 2.24) is 9.78 Å². The fourth-order valence-corrected chi connectivity index (χ4v) is 4.00. The van der Waals surface area contributed by atoms with Gasteiger partial charge in [0, 0.05) is 17.6 Å². The highest BCUT2D eigenvalue weighted by atomic mass is 35.5. The van der Waals surface area contributed by atoms with Crippen molar-refractivity contribution in [1.29, 1.82) is 0 Å². The lowest BCUT2D eigenvalue weighted by Crippen LogP contribution is -2.18. The molecule has 0 radical (unpaired) electrons. The van der Waals surface area contributed by atoms with Crippen LogP contribution < -0.4 is 5.32 Å². The minimum absolute atomic E-state index is 0.253. The van der Waals surface area contributed by atoms with Crippen molar-refractivity contribution in [2.45, 2.75) is 25.8 Å². The normalized spacial score (nSPS) is 14.4. The van der Waals surface area contributed by atoms with Gasteiger partial charge in [0.15, 0.2) is 5.15 Å². The maximum atomic E-state index is 12.5. The summed E-state index contributed by atoms with van der Waals surface area (Å²) in [6.07, 6.45) is 3.77. The average Bonchev–Trinajstić information content (AvgIpc) is 2.86. The van der Waals surface area contributed by atoms with E-state index >= 15 is 0 Å². The number of rotatable bonds is 4. The Morgan fingerprint density at radius 3 is 2.54 bits per heavy atom. The molecule has 0 bridgehead atoms.